The first-order chi connectivity index (χ1) is 17.5. The van der Waals surface area contributed by atoms with Crippen LogP contribution in [0, 0.1) is 0 Å². The van der Waals surface area contributed by atoms with Crippen molar-refractivity contribution in [1.82, 2.24) is 24.3 Å². The van der Waals surface area contributed by atoms with Gasteiger partial charge >= 0.3 is 11.7 Å². The first-order valence-electron chi connectivity index (χ1n) is 12.8. The molecule has 0 aliphatic carbocycles. The van der Waals surface area contributed by atoms with Crippen LogP contribution < -0.4 is 22.5 Å². The minimum atomic E-state index is -0.963. The highest BCUT2D eigenvalue weighted by atomic mass is 16.2. The SMILES string of the molecule is CC1CN(C(=O)Nc2ccn(-c3ccc(CN4CCC(N)CC4)cc3)c(=O)n2)CCN1C(=O)C(C)(C)N. The average molecular weight is 511 g/mol. The minimum Gasteiger partial charge on any atom is -0.335 e. The summed E-state index contributed by atoms with van der Waals surface area (Å²) in [6.07, 6.45) is 3.64. The zero-order valence-electron chi connectivity index (χ0n) is 21.9. The predicted molar refractivity (Wildman–Crippen MR) is 142 cm³/mol. The molecular weight excluding hydrogens is 472 g/mol. The smallest absolute Gasteiger partial charge is 0.335 e. The first-order valence-corrected chi connectivity index (χ1v) is 12.8. The van der Waals surface area contributed by atoms with Crippen molar-refractivity contribution in [2.45, 2.75) is 57.8 Å². The molecule has 200 valence electrons. The molecule has 0 bridgehead atoms. The molecule has 2 aliphatic heterocycles. The van der Waals surface area contributed by atoms with Crippen molar-refractivity contribution in [3.63, 3.8) is 0 Å². The van der Waals surface area contributed by atoms with Gasteiger partial charge in [0.1, 0.15) is 5.82 Å². The molecule has 3 amide bonds. The molecule has 0 radical (unpaired) electrons. The molecule has 5 N–H and O–H groups in total. The van der Waals surface area contributed by atoms with E-state index in [0.717, 1.165) is 32.5 Å². The topological polar surface area (TPSA) is 143 Å². The van der Waals surface area contributed by atoms with Crippen LogP contribution in [0.15, 0.2) is 41.3 Å². The Bertz CT molecular complexity index is 1170. The van der Waals surface area contributed by atoms with Gasteiger partial charge in [-0.25, -0.2) is 9.59 Å². The number of carbonyl (C=O) groups excluding carboxylic acids is 2. The standard InChI is InChI=1S/C26H38N8O3/c1-18-16-32(14-15-33(18)23(35)26(2,3)28)24(36)29-22-10-13-34(25(37)30-22)21-6-4-19(5-7-21)17-31-11-8-20(27)9-12-31/h4-7,10,13,18,20H,8-9,11-12,14-17,27-28H2,1-3H3,(H,29,30,36,37). The van der Waals surface area contributed by atoms with E-state index >= 15 is 0 Å². The largest absolute Gasteiger partial charge is 0.354 e. The number of rotatable bonds is 5. The fourth-order valence-corrected chi connectivity index (χ4v) is 4.80. The summed E-state index contributed by atoms with van der Waals surface area (Å²) in [5, 5.41) is 2.70. The van der Waals surface area contributed by atoms with E-state index in [4.69, 9.17) is 11.5 Å². The highest BCUT2D eigenvalue weighted by molar-refractivity contribution is 5.89. The summed E-state index contributed by atoms with van der Waals surface area (Å²) >= 11 is 0. The third-order valence-corrected chi connectivity index (χ3v) is 7.02. The average Bonchev–Trinajstić information content (AvgIpc) is 2.85. The molecule has 2 aromatic rings. The van der Waals surface area contributed by atoms with Crippen molar-refractivity contribution < 1.29 is 9.59 Å². The number of hydrogen-bond donors (Lipinski definition) is 3. The van der Waals surface area contributed by atoms with E-state index in [1.165, 1.54) is 10.1 Å². The van der Waals surface area contributed by atoms with Crippen LogP contribution >= 0.6 is 0 Å². The second-order valence-electron chi connectivity index (χ2n) is 10.7. The van der Waals surface area contributed by atoms with E-state index in [2.05, 4.69) is 15.2 Å². The third-order valence-electron chi connectivity index (χ3n) is 7.02. The summed E-state index contributed by atoms with van der Waals surface area (Å²) < 4.78 is 1.44. The Labute approximate surface area is 217 Å². The maximum atomic E-state index is 12.8. The molecule has 1 aromatic carbocycles. The second kappa shape index (κ2) is 11.0. The number of likely N-dealkylation sites (tertiary alicyclic amines) is 1. The van der Waals surface area contributed by atoms with Crippen molar-refractivity contribution >= 4 is 17.8 Å². The number of urea groups is 1. The molecule has 11 heteroatoms. The van der Waals surface area contributed by atoms with Gasteiger partial charge in [-0.15, -0.1) is 0 Å². The van der Waals surface area contributed by atoms with Gasteiger partial charge in [0.05, 0.1) is 11.2 Å². The van der Waals surface area contributed by atoms with Crippen molar-refractivity contribution in [2.75, 3.05) is 38.0 Å². The molecule has 1 aromatic heterocycles. The zero-order chi connectivity index (χ0) is 26.7. The molecule has 3 heterocycles. The molecule has 2 fully saturated rings. The minimum absolute atomic E-state index is 0.144. The third kappa shape index (κ3) is 6.54. The maximum Gasteiger partial charge on any atom is 0.354 e. The summed E-state index contributed by atoms with van der Waals surface area (Å²) in [7, 11) is 0. The summed E-state index contributed by atoms with van der Waals surface area (Å²) in [6.45, 7) is 9.21. The lowest BCUT2D eigenvalue weighted by molar-refractivity contribution is -0.139. The van der Waals surface area contributed by atoms with E-state index in [1.807, 2.05) is 31.2 Å². The number of nitrogens with one attached hydrogen (secondary N) is 1. The molecule has 0 spiro atoms. The molecule has 1 unspecified atom stereocenters. The Morgan fingerprint density at radius 3 is 2.35 bits per heavy atom. The Kier molecular flexibility index (Phi) is 7.96. The molecule has 2 aliphatic rings. The van der Waals surface area contributed by atoms with Gasteiger partial charge in [0.2, 0.25) is 5.91 Å². The van der Waals surface area contributed by atoms with E-state index in [-0.39, 0.29) is 23.8 Å². The highest BCUT2D eigenvalue weighted by Gasteiger charge is 2.35. The van der Waals surface area contributed by atoms with Gasteiger partial charge in [-0.3, -0.25) is 19.6 Å². The van der Waals surface area contributed by atoms with Crippen LogP contribution in [0.2, 0.25) is 0 Å². The number of carbonyl (C=O) groups is 2. The van der Waals surface area contributed by atoms with Gasteiger partial charge < -0.3 is 21.3 Å². The molecule has 11 nitrogen and oxygen atoms in total. The Hall–Kier alpha value is -3.28. The number of piperidine rings is 1. The Balaban J connectivity index is 1.34. The van der Waals surface area contributed by atoms with E-state index in [0.29, 0.717) is 31.4 Å². The van der Waals surface area contributed by atoms with Crippen molar-refractivity contribution in [3.8, 4) is 5.69 Å². The normalized spacial score (nSPS) is 19.6. The number of aromatic nitrogens is 2. The molecule has 0 saturated carbocycles. The first kappa shape index (κ1) is 26.8. The summed E-state index contributed by atoms with van der Waals surface area (Å²) in [5.74, 6) is 0.0371. The number of nitrogens with two attached hydrogens (primary N) is 2. The van der Waals surface area contributed by atoms with E-state index in [1.54, 1.807) is 35.9 Å². The van der Waals surface area contributed by atoms with Gasteiger partial charge in [-0.1, -0.05) is 12.1 Å². The van der Waals surface area contributed by atoms with Crippen LogP contribution in [0.5, 0.6) is 0 Å². The van der Waals surface area contributed by atoms with Crippen LogP contribution in [-0.4, -0.2) is 86.5 Å². The highest BCUT2D eigenvalue weighted by Crippen LogP contribution is 2.17. The van der Waals surface area contributed by atoms with Crippen LogP contribution in [0.1, 0.15) is 39.2 Å². The van der Waals surface area contributed by atoms with Gasteiger partial charge in [-0.2, -0.15) is 4.98 Å². The Morgan fingerprint density at radius 1 is 1.08 bits per heavy atom. The molecule has 37 heavy (non-hydrogen) atoms. The van der Waals surface area contributed by atoms with Crippen LogP contribution in [0.4, 0.5) is 10.6 Å². The Morgan fingerprint density at radius 2 is 1.76 bits per heavy atom. The molecule has 2 saturated heterocycles. The fraction of sp³-hybridized carbons (Fsp3) is 0.538. The number of benzene rings is 1. The van der Waals surface area contributed by atoms with Gasteiger partial charge in [0.25, 0.3) is 0 Å². The maximum absolute atomic E-state index is 12.8. The van der Waals surface area contributed by atoms with Crippen molar-refractivity contribution in [3.05, 3.63) is 52.6 Å². The summed E-state index contributed by atoms with van der Waals surface area (Å²) in [4.78, 5) is 47.8. The summed E-state index contributed by atoms with van der Waals surface area (Å²) in [5.41, 5.74) is 12.4. The lowest BCUT2D eigenvalue weighted by Gasteiger charge is -2.42. The molecular formula is C26H38N8O3. The quantitative estimate of drug-likeness (QED) is 0.544. The van der Waals surface area contributed by atoms with Crippen LogP contribution in [0.25, 0.3) is 5.69 Å². The van der Waals surface area contributed by atoms with E-state index in [9.17, 15) is 14.4 Å². The van der Waals surface area contributed by atoms with Crippen molar-refractivity contribution in [1.29, 1.82) is 0 Å². The second-order valence-corrected chi connectivity index (χ2v) is 10.7. The zero-order valence-corrected chi connectivity index (χ0v) is 21.9. The number of hydrogen-bond acceptors (Lipinski definition) is 7. The van der Waals surface area contributed by atoms with Crippen molar-refractivity contribution in [2.24, 2.45) is 11.5 Å². The number of amides is 3. The molecule has 4 rings (SSSR count). The summed E-state index contributed by atoms with van der Waals surface area (Å²) in [6, 6.07) is 9.20. The van der Waals surface area contributed by atoms with Crippen LogP contribution in [-0.2, 0) is 11.3 Å². The van der Waals surface area contributed by atoms with Gasteiger partial charge in [-0.05, 0) is 70.5 Å². The fourth-order valence-electron chi connectivity index (χ4n) is 4.80. The van der Waals surface area contributed by atoms with Crippen LogP contribution in [0.3, 0.4) is 0 Å². The van der Waals surface area contributed by atoms with Gasteiger partial charge in [0.15, 0.2) is 0 Å². The van der Waals surface area contributed by atoms with E-state index < -0.39 is 11.2 Å². The number of piperazine rings is 1. The predicted octanol–water partition coefficient (Wildman–Crippen LogP) is 0.958. The van der Waals surface area contributed by atoms with Gasteiger partial charge in [0, 0.05) is 44.5 Å². The molecule has 1 atom stereocenters. The number of nitrogens with zero attached hydrogens (tertiary/aromatic N) is 5. The monoisotopic (exact) mass is 510 g/mol. The number of anilines is 1. The lowest BCUT2D eigenvalue weighted by atomic mass is 10.0. The lowest BCUT2D eigenvalue weighted by Crippen LogP contribution is -2.61.